The van der Waals surface area contributed by atoms with Gasteiger partial charge in [-0.2, -0.15) is 5.10 Å². The average Bonchev–Trinajstić information content (AvgIpc) is 3.54. The van der Waals surface area contributed by atoms with E-state index in [1.54, 1.807) is 22.7 Å². The van der Waals surface area contributed by atoms with Gasteiger partial charge in [-0.15, -0.1) is 22.7 Å². The van der Waals surface area contributed by atoms with E-state index in [1.807, 2.05) is 18.3 Å². The van der Waals surface area contributed by atoms with Gasteiger partial charge in [-0.3, -0.25) is 10.00 Å². The summed E-state index contributed by atoms with van der Waals surface area (Å²) >= 11 is 3.41. The fourth-order valence-electron chi connectivity index (χ4n) is 3.88. The minimum Gasteiger partial charge on any atom is -0.379 e. The van der Waals surface area contributed by atoms with Gasteiger partial charge in [-0.25, -0.2) is 9.97 Å². The van der Waals surface area contributed by atoms with E-state index in [0.717, 1.165) is 71.3 Å². The van der Waals surface area contributed by atoms with E-state index in [1.165, 1.54) is 10.4 Å². The molecule has 7 nitrogen and oxygen atoms in total. The first-order chi connectivity index (χ1) is 15.3. The summed E-state index contributed by atoms with van der Waals surface area (Å²) in [5, 5.41) is 17.1. The van der Waals surface area contributed by atoms with Gasteiger partial charge < -0.3 is 10.1 Å². The molecule has 5 heterocycles. The molecule has 1 aromatic carbocycles. The van der Waals surface area contributed by atoms with Gasteiger partial charge in [-0.05, 0) is 29.6 Å². The highest BCUT2D eigenvalue weighted by Crippen LogP contribution is 2.40. The fraction of sp³-hybridized carbons (Fsp3) is 0.227. The number of anilines is 2. The van der Waals surface area contributed by atoms with E-state index in [9.17, 15) is 0 Å². The first kappa shape index (κ1) is 18.9. The molecule has 0 bridgehead atoms. The molecule has 5 aromatic rings. The first-order valence-corrected chi connectivity index (χ1v) is 11.9. The number of ether oxygens (including phenoxy) is 1. The lowest BCUT2D eigenvalue weighted by Crippen LogP contribution is -2.36. The molecule has 0 spiro atoms. The summed E-state index contributed by atoms with van der Waals surface area (Å²) in [5.74, 6) is 1.68. The Labute approximate surface area is 186 Å². The molecule has 156 valence electrons. The van der Waals surface area contributed by atoms with Crippen molar-refractivity contribution < 1.29 is 4.74 Å². The Bertz CT molecular complexity index is 1340. The molecular weight excluding hydrogens is 428 g/mol. The zero-order valence-corrected chi connectivity index (χ0v) is 18.3. The predicted molar refractivity (Wildman–Crippen MR) is 126 cm³/mol. The van der Waals surface area contributed by atoms with Gasteiger partial charge in [0.2, 0.25) is 0 Å². The second-order valence-corrected chi connectivity index (χ2v) is 9.29. The number of hydrogen-bond acceptors (Lipinski definition) is 8. The van der Waals surface area contributed by atoms with Crippen molar-refractivity contribution in [2.75, 3.05) is 31.6 Å². The molecule has 2 N–H and O–H groups in total. The maximum Gasteiger partial charge on any atom is 0.146 e. The van der Waals surface area contributed by atoms with Crippen LogP contribution in [-0.4, -0.2) is 51.4 Å². The third kappa shape index (κ3) is 3.70. The standard InChI is InChI=1S/C22H20N6OS2/c1-2-18(30-9-1)16-13-31-22-20(16)21(24-15-3-4-17-14(10-15)11-23-27-17)25-19(26-22)12-28-5-7-29-8-6-28/h1-4,9-11,13H,5-8,12H2,(H,23,27)(H,24,25,26). The van der Waals surface area contributed by atoms with Crippen molar-refractivity contribution in [3.63, 3.8) is 0 Å². The minimum atomic E-state index is 0.723. The number of nitrogens with zero attached hydrogens (tertiary/aromatic N) is 4. The highest BCUT2D eigenvalue weighted by Gasteiger charge is 2.19. The first-order valence-electron chi connectivity index (χ1n) is 10.2. The second kappa shape index (κ2) is 8.01. The molecule has 0 aliphatic carbocycles. The lowest BCUT2D eigenvalue weighted by molar-refractivity contribution is 0.0331. The molecule has 1 fully saturated rings. The Morgan fingerprint density at radius 2 is 2.06 bits per heavy atom. The van der Waals surface area contributed by atoms with Crippen LogP contribution in [0.2, 0.25) is 0 Å². The number of aromatic nitrogens is 4. The summed E-state index contributed by atoms with van der Waals surface area (Å²) in [4.78, 5) is 14.5. The second-order valence-electron chi connectivity index (χ2n) is 7.48. The summed E-state index contributed by atoms with van der Waals surface area (Å²) in [6.45, 7) is 4.07. The van der Waals surface area contributed by atoms with E-state index in [4.69, 9.17) is 14.7 Å². The lowest BCUT2D eigenvalue weighted by atomic mass is 10.2. The topological polar surface area (TPSA) is 79.0 Å². The maximum absolute atomic E-state index is 5.48. The van der Waals surface area contributed by atoms with Crippen molar-refractivity contribution in [1.29, 1.82) is 0 Å². The van der Waals surface area contributed by atoms with Crippen molar-refractivity contribution in [3.8, 4) is 10.4 Å². The number of rotatable bonds is 5. The Morgan fingerprint density at radius 3 is 2.94 bits per heavy atom. The molecule has 31 heavy (non-hydrogen) atoms. The quantitative estimate of drug-likeness (QED) is 0.399. The van der Waals surface area contributed by atoms with Gasteiger partial charge in [0.25, 0.3) is 0 Å². The summed E-state index contributed by atoms with van der Waals surface area (Å²) in [6.07, 6.45) is 1.83. The number of morpholine rings is 1. The predicted octanol–water partition coefficient (Wildman–Crippen LogP) is 4.87. The van der Waals surface area contributed by atoms with Crippen LogP contribution in [0.15, 0.2) is 47.3 Å². The third-order valence-corrected chi connectivity index (χ3v) is 7.21. The fourth-order valence-corrected chi connectivity index (χ4v) is 5.66. The monoisotopic (exact) mass is 448 g/mol. The molecule has 0 radical (unpaired) electrons. The Morgan fingerprint density at radius 1 is 1.13 bits per heavy atom. The Kier molecular flexibility index (Phi) is 4.88. The van der Waals surface area contributed by atoms with Crippen molar-refractivity contribution in [2.45, 2.75) is 6.54 Å². The van der Waals surface area contributed by atoms with Crippen LogP contribution in [0.5, 0.6) is 0 Å². The smallest absolute Gasteiger partial charge is 0.146 e. The van der Waals surface area contributed by atoms with E-state index < -0.39 is 0 Å². The molecule has 0 unspecified atom stereocenters. The van der Waals surface area contributed by atoms with Crippen LogP contribution >= 0.6 is 22.7 Å². The highest BCUT2D eigenvalue weighted by atomic mass is 32.1. The van der Waals surface area contributed by atoms with E-state index in [2.05, 4.69) is 49.4 Å². The number of fused-ring (bicyclic) bond motifs is 2. The molecule has 1 saturated heterocycles. The summed E-state index contributed by atoms with van der Waals surface area (Å²) in [6, 6.07) is 10.4. The number of benzene rings is 1. The summed E-state index contributed by atoms with van der Waals surface area (Å²) in [7, 11) is 0. The molecule has 1 aliphatic rings. The molecule has 6 rings (SSSR count). The van der Waals surface area contributed by atoms with Gasteiger partial charge in [0.05, 0.1) is 36.9 Å². The lowest BCUT2D eigenvalue weighted by Gasteiger charge is -2.25. The Balaban J connectivity index is 1.44. The van der Waals surface area contributed by atoms with Crippen molar-refractivity contribution in [3.05, 3.63) is 53.1 Å². The van der Waals surface area contributed by atoms with E-state index in [0.29, 0.717) is 0 Å². The number of hydrogen-bond donors (Lipinski definition) is 2. The molecule has 9 heteroatoms. The summed E-state index contributed by atoms with van der Waals surface area (Å²) < 4.78 is 5.48. The maximum atomic E-state index is 5.48. The SMILES string of the molecule is c1csc(-c2csc3nc(CN4CCOCC4)nc(Nc4ccc5[nH]ncc5c4)c23)c1. The van der Waals surface area contributed by atoms with Gasteiger partial charge in [0.15, 0.2) is 0 Å². The third-order valence-electron chi connectivity index (χ3n) is 5.44. The molecule has 1 aliphatic heterocycles. The zero-order valence-electron chi connectivity index (χ0n) is 16.7. The minimum absolute atomic E-state index is 0.723. The normalized spacial score (nSPS) is 15.1. The van der Waals surface area contributed by atoms with Crippen LogP contribution in [0, 0.1) is 0 Å². The van der Waals surface area contributed by atoms with Crippen LogP contribution in [0.3, 0.4) is 0 Å². The number of aromatic amines is 1. The molecule has 4 aromatic heterocycles. The molecule has 0 atom stereocenters. The van der Waals surface area contributed by atoms with Gasteiger partial charge in [-0.1, -0.05) is 6.07 Å². The Hall–Kier alpha value is -2.85. The molecule has 0 saturated carbocycles. The van der Waals surface area contributed by atoms with Crippen LogP contribution in [0.1, 0.15) is 5.82 Å². The van der Waals surface area contributed by atoms with Gasteiger partial charge in [0, 0.05) is 40.0 Å². The van der Waals surface area contributed by atoms with E-state index >= 15 is 0 Å². The largest absolute Gasteiger partial charge is 0.379 e. The van der Waals surface area contributed by atoms with Gasteiger partial charge in [0.1, 0.15) is 16.5 Å². The van der Waals surface area contributed by atoms with Crippen LogP contribution in [0.4, 0.5) is 11.5 Å². The van der Waals surface area contributed by atoms with Crippen molar-refractivity contribution >= 4 is 55.3 Å². The zero-order chi connectivity index (χ0) is 20.6. The van der Waals surface area contributed by atoms with E-state index in [-0.39, 0.29) is 0 Å². The van der Waals surface area contributed by atoms with Gasteiger partial charge >= 0.3 is 0 Å². The average molecular weight is 449 g/mol. The summed E-state index contributed by atoms with van der Waals surface area (Å²) in [5.41, 5.74) is 3.18. The van der Waals surface area contributed by atoms with Crippen LogP contribution in [0.25, 0.3) is 31.6 Å². The molecular formula is C22H20N6OS2. The number of thiophene rings is 2. The highest BCUT2D eigenvalue weighted by molar-refractivity contribution is 7.18. The van der Waals surface area contributed by atoms with Crippen LogP contribution in [-0.2, 0) is 11.3 Å². The van der Waals surface area contributed by atoms with Crippen molar-refractivity contribution in [2.24, 2.45) is 0 Å². The van der Waals surface area contributed by atoms with Crippen LogP contribution < -0.4 is 5.32 Å². The molecule has 0 amide bonds. The number of nitrogens with one attached hydrogen (secondary N) is 2. The number of H-pyrrole nitrogens is 1. The van der Waals surface area contributed by atoms with Crippen molar-refractivity contribution in [1.82, 2.24) is 25.1 Å².